The number of nitrogens with one attached hydrogen (secondary N) is 1. The van der Waals surface area contributed by atoms with Crippen molar-refractivity contribution in [2.24, 2.45) is 0 Å². The highest BCUT2D eigenvalue weighted by molar-refractivity contribution is 9.10. The predicted molar refractivity (Wildman–Crippen MR) is 55.5 cm³/mol. The lowest BCUT2D eigenvalue weighted by atomic mass is 10.5. The van der Waals surface area contributed by atoms with Gasteiger partial charge in [0, 0.05) is 29.0 Å². The van der Waals surface area contributed by atoms with E-state index in [1.54, 1.807) is 0 Å². The zero-order chi connectivity index (χ0) is 9.14. The summed E-state index contributed by atoms with van der Waals surface area (Å²) in [5, 5.41) is 3.14. The molecule has 0 amide bonds. The molecule has 0 spiro atoms. The van der Waals surface area contributed by atoms with Crippen LogP contribution < -0.4 is 5.32 Å². The molecule has 68 valence electrons. The lowest BCUT2D eigenvalue weighted by Crippen LogP contribution is -2.16. The molecule has 0 aliphatic rings. The van der Waals surface area contributed by atoms with Crippen LogP contribution in [0.15, 0.2) is 10.5 Å². The minimum Gasteiger partial charge on any atom is -0.347 e. The summed E-state index contributed by atoms with van der Waals surface area (Å²) in [6.45, 7) is 6.32. The molecule has 0 aliphatic heterocycles. The van der Waals surface area contributed by atoms with Gasteiger partial charge in [0.15, 0.2) is 0 Å². The number of hydrogen-bond acceptors (Lipinski definition) is 1. The van der Waals surface area contributed by atoms with Crippen molar-refractivity contribution >= 4 is 15.9 Å². The average molecular weight is 231 g/mol. The standard InChI is InChI=1S/C9H15BrN2/c1-7-6-9(10)8(2)12(7)5-4-11-3/h6,11H,4-5H2,1-3H3. The molecule has 0 saturated carbocycles. The molecule has 1 aromatic heterocycles. The number of aromatic nitrogens is 1. The molecule has 2 nitrogen and oxygen atoms in total. The predicted octanol–water partition coefficient (Wildman–Crippen LogP) is 2.09. The van der Waals surface area contributed by atoms with Gasteiger partial charge < -0.3 is 9.88 Å². The van der Waals surface area contributed by atoms with Gasteiger partial charge in [-0.2, -0.15) is 0 Å². The van der Waals surface area contributed by atoms with Crippen LogP contribution in [0.3, 0.4) is 0 Å². The molecular weight excluding hydrogens is 216 g/mol. The van der Waals surface area contributed by atoms with Crippen molar-refractivity contribution in [1.29, 1.82) is 0 Å². The first-order valence-corrected chi connectivity index (χ1v) is 4.93. The van der Waals surface area contributed by atoms with Crippen molar-refractivity contribution in [2.75, 3.05) is 13.6 Å². The van der Waals surface area contributed by atoms with E-state index in [9.17, 15) is 0 Å². The minimum atomic E-state index is 1.02. The number of halogens is 1. The Balaban J connectivity index is 2.82. The van der Waals surface area contributed by atoms with Gasteiger partial charge in [0.05, 0.1) is 0 Å². The highest BCUT2D eigenvalue weighted by atomic mass is 79.9. The second-order valence-electron chi connectivity index (χ2n) is 2.97. The highest BCUT2D eigenvalue weighted by Gasteiger charge is 2.04. The molecule has 0 bridgehead atoms. The van der Waals surface area contributed by atoms with E-state index in [1.807, 2.05) is 7.05 Å². The van der Waals surface area contributed by atoms with Crippen LogP contribution in [0.2, 0.25) is 0 Å². The van der Waals surface area contributed by atoms with Crippen LogP contribution >= 0.6 is 15.9 Å². The lowest BCUT2D eigenvalue weighted by molar-refractivity contribution is 0.622. The van der Waals surface area contributed by atoms with Gasteiger partial charge in [-0.3, -0.25) is 0 Å². The molecule has 12 heavy (non-hydrogen) atoms. The van der Waals surface area contributed by atoms with Gasteiger partial charge in [-0.05, 0) is 42.9 Å². The molecule has 1 N–H and O–H groups in total. The Morgan fingerprint density at radius 2 is 2.17 bits per heavy atom. The first-order chi connectivity index (χ1) is 5.66. The fourth-order valence-corrected chi connectivity index (χ4v) is 1.87. The zero-order valence-corrected chi connectivity index (χ0v) is 9.40. The molecule has 0 aromatic carbocycles. The highest BCUT2D eigenvalue weighted by Crippen LogP contribution is 2.20. The van der Waals surface area contributed by atoms with E-state index in [0.29, 0.717) is 0 Å². The Bertz CT molecular complexity index is 266. The SMILES string of the molecule is CNCCn1c(C)cc(Br)c1C. The van der Waals surface area contributed by atoms with Crippen LogP contribution in [0.4, 0.5) is 0 Å². The van der Waals surface area contributed by atoms with Gasteiger partial charge in [0.25, 0.3) is 0 Å². The van der Waals surface area contributed by atoms with Gasteiger partial charge in [-0.15, -0.1) is 0 Å². The summed E-state index contributed by atoms with van der Waals surface area (Å²) in [7, 11) is 1.98. The number of aryl methyl sites for hydroxylation is 1. The summed E-state index contributed by atoms with van der Waals surface area (Å²) in [4.78, 5) is 0. The van der Waals surface area contributed by atoms with Crippen molar-refractivity contribution < 1.29 is 0 Å². The third-order valence-corrected chi connectivity index (χ3v) is 2.90. The Morgan fingerprint density at radius 1 is 1.50 bits per heavy atom. The Morgan fingerprint density at radius 3 is 2.58 bits per heavy atom. The van der Waals surface area contributed by atoms with E-state index in [-0.39, 0.29) is 0 Å². The number of hydrogen-bond donors (Lipinski definition) is 1. The normalized spacial score (nSPS) is 10.7. The summed E-state index contributed by atoms with van der Waals surface area (Å²) in [6.07, 6.45) is 0. The molecule has 0 saturated heterocycles. The molecule has 1 rings (SSSR count). The molecule has 0 aliphatic carbocycles. The van der Waals surface area contributed by atoms with E-state index in [2.05, 4.69) is 45.7 Å². The van der Waals surface area contributed by atoms with Crippen molar-refractivity contribution in [1.82, 2.24) is 9.88 Å². The minimum absolute atomic E-state index is 1.02. The maximum absolute atomic E-state index is 3.52. The number of likely N-dealkylation sites (N-methyl/N-ethyl adjacent to an activating group) is 1. The first kappa shape index (κ1) is 9.81. The molecule has 3 heteroatoms. The molecule has 0 radical (unpaired) electrons. The van der Waals surface area contributed by atoms with Gasteiger partial charge in [0.1, 0.15) is 0 Å². The summed E-state index contributed by atoms with van der Waals surface area (Å²) in [6, 6.07) is 2.16. The van der Waals surface area contributed by atoms with Crippen LogP contribution in [0.1, 0.15) is 11.4 Å². The monoisotopic (exact) mass is 230 g/mol. The summed E-state index contributed by atoms with van der Waals surface area (Å²) >= 11 is 3.52. The number of nitrogens with zero attached hydrogens (tertiary/aromatic N) is 1. The van der Waals surface area contributed by atoms with E-state index in [1.165, 1.54) is 15.9 Å². The smallest absolute Gasteiger partial charge is 0.0384 e. The fourth-order valence-electron chi connectivity index (χ4n) is 1.33. The van der Waals surface area contributed by atoms with Gasteiger partial charge >= 0.3 is 0 Å². The largest absolute Gasteiger partial charge is 0.347 e. The van der Waals surface area contributed by atoms with Crippen LogP contribution in [-0.4, -0.2) is 18.2 Å². The van der Waals surface area contributed by atoms with E-state index < -0.39 is 0 Å². The van der Waals surface area contributed by atoms with Crippen LogP contribution in [-0.2, 0) is 6.54 Å². The maximum Gasteiger partial charge on any atom is 0.0384 e. The summed E-state index contributed by atoms with van der Waals surface area (Å²) < 4.78 is 3.51. The van der Waals surface area contributed by atoms with Crippen molar-refractivity contribution in [3.63, 3.8) is 0 Å². The molecule has 0 atom stereocenters. The maximum atomic E-state index is 3.52. The van der Waals surface area contributed by atoms with Crippen LogP contribution in [0.5, 0.6) is 0 Å². The molecular formula is C9H15BrN2. The van der Waals surface area contributed by atoms with Gasteiger partial charge in [0.2, 0.25) is 0 Å². The van der Waals surface area contributed by atoms with E-state index in [0.717, 1.165) is 13.1 Å². The van der Waals surface area contributed by atoms with Crippen molar-refractivity contribution in [2.45, 2.75) is 20.4 Å². The third kappa shape index (κ3) is 1.90. The topological polar surface area (TPSA) is 17.0 Å². The van der Waals surface area contributed by atoms with Gasteiger partial charge in [-0.1, -0.05) is 0 Å². The average Bonchev–Trinajstić information content (AvgIpc) is 2.25. The summed E-state index contributed by atoms with van der Waals surface area (Å²) in [5.74, 6) is 0. The van der Waals surface area contributed by atoms with Crippen molar-refractivity contribution in [3.05, 3.63) is 21.9 Å². The molecule has 0 unspecified atom stereocenters. The molecule has 1 heterocycles. The Hall–Kier alpha value is -0.280. The van der Waals surface area contributed by atoms with E-state index in [4.69, 9.17) is 0 Å². The fraction of sp³-hybridized carbons (Fsp3) is 0.556. The van der Waals surface area contributed by atoms with Crippen molar-refractivity contribution in [3.8, 4) is 0 Å². The second-order valence-corrected chi connectivity index (χ2v) is 3.83. The third-order valence-electron chi connectivity index (χ3n) is 2.10. The number of rotatable bonds is 3. The lowest BCUT2D eigenvalue weighted by Gasteiger charge is -2.08. The Labute approximate surface area is 82.1 Å². The molecule has 1 aromatic rings. The molecule has 0 fully saturated rings. The van der Waals surface area contributed by atoms with Gasteiger partial charge in [-0.25, -0.2) is 0 Å². The quantitative estimate of drug-likeness (QED) is 0.842. The first-order valence-electron chi connectivity index (χ1n) is 4.13. The van der Waals surface area contributed by atoms with Crippen LogP contribution in [0, 0.1) is 13.8 Å². The van der Waals surface area contributed by atoms with E-state index >= 15 is 0 Å². The summed E-state index contributed by atoms with van der Waals surface area (Å²) in [5.41, 5.74) is 2.62. The van der Waals surface area contributed by atoms with Crippen LogP contribution in [0.25, 0.3) is 0 Å². The zero-order valence-electron chi connectivity index (χ0n) is 7.82. The Kier molecular flexibility index (Phi) is 3.35. The second kappa shape index (κ2) is 4.10.